The molecular formula is C20H12N4O2S2. The third-order valence-corrected chi connectivity index (χ3v) is 6.23. The van der Waals surface area contributed by atoms with Crippen LogP contribution in [0.3, 0.4) is 0 Å². The van der Waals surface area contributed by atoms with E-state index >= 15 is 0 Å². The lowest BCUT2D eigenvalue weighted by Crippen LogP contribution is -1.90. The third-order valence-electron chi connectivity index (χ3n) is 4.27. The van der Waals surface area contributed by atoms with E-state index in [0.29, 0.717) is 5.82 Å². The number of nitrogens with zero attached hydrogens (tertiary/aromatic N) is 3. The number of H-pyrrole nitrogens is 1. The second-order valence-electron chi connectivity index (χ2n) is 6.12. The van der Waals surface area contributed by atoms with Gasteiger partial charge in [-0.1, -0.05) is 35.6 Å². The Balaban J connectivity index is 1.70. The van der Waals surface area contributed by atoms with E-state index in [4.69, 9.17) is 9.97 Å². The van der Waals surface area contributed by atoms with Gasteiger partial charge in [0.1, 0.15) is 10.8 Å². The van der Waals surface area contributed by atoms with Crippen LogP contribution in [-0.4, -0.2) is 19.9 Å². The van der Waals surface area contributed by atoms with Crippen molar-refractivity contribution in [1.82, 2.24) is 15.0 Å². The van der Waals surface area contributed by atoms with Crippen LogP contribution in [0.25, 0.3) is 32.9 Å². The summed E-state index contributed by atoms with van der Waals surface area (Å²) >= 11 is 2.68. The monoisotopic (exact) mass is 404 g/mol. The Labute approximate surface area is 167 Å². The van der Waals surface area contributed by atoms with Crippen LogP contribution in [0.15, 0.2) is 60.0 Å². The minimum atomic E-state index is -0.374. The largest absolute Gasteiger partial charge is 0.338 e. The van der Waals surface area contributed by atoms with Crippen LogP contribution in [0, 0.1) is 10.1 Å². The molecule has 0 fully saturated rings. The van der Waals surface area contributed by atoms with Gasteiger partial charge in [-0.05, 0) is 35.9 Å². The Kier molecular flexibility index (Phi) is 4.00. The lowest BCUT2D eigenvalue weighted by molar-refractivity contribution is -0.380. The highest BCUT2D eigenvalue weighted by atomic mass is 32.1. The number of thiazole rings is 1. The molecule has 3 aromatic heterocycles. The molecule has 8 heteroatoms. The van der Waals surface area contributed by atoms with Gasteiger partial charge in [-0.2, -0.15) is 0 Å². The van der Waals surface area contributed by atoms with E-state index in [-0.39, 0.29) is 9.92 Å². The van der Waals surface area contributed by atoms with Crippen molar-refractivity contribution in [2.75, 3.05) is 0 Å². The molecule has 0 unspecified atom stereocenters. The first-order valence-corrected chi connectivity index (χ1v) is 10.1. The molecule has 0 spiro atoms. The van der Waals surface area contributed by atoms with E-state index in [9.17, 15) is 10.1 Å². The molecule has 0 atom stereocenters. The first-order valence-electron chi connectivity index (χ1n) is 8.43. The second-order valence-corrected chi connectivity index (χ2v) is 8.04. The number of thiophene rings is 1. The smallest absolute Gasteiger partial charge is 0.324 e. The fourth-order valence-electron chi connectivity index (χ4n) is 2.98. The summed E-state index contributed by atoms with van der Waals surface area (Å²) in [5.41, 5.74) is 4.28. The van der Waals surface area contributed by atoms with Crippen molar-refractivity contribution < 1.29 is 4.92 Å². The summed E-state index contributed by atoms with van der Waals surface area (Å²) in [6.07, 6.45) is 1.90. The van der Waals surface area contributed by atoms with Crippen molar-refractivity contribution in [3.05, 3.63) is 86.5 Å². The van der Waals surface area contributed by atoms with Gasteiger partial charge < -0.3 is 4.98 Å². The van der Waals surface area contributed by atoms with Crippen molar-refractivity contribution in [3.8, 4) is 0 Å². The Morgan fingerprint density at radius 2 is 1.86 bits per heavy atom. The van der Waals surface area contributed by atoms with Crippen LogP contribution >= 0.6 is 22.7 Å². The van der Waals surface area contributed by atoms with Crippen molar-refractivity contribution >= 4 is 60.6 Å². The molecule has 5 rings (SSSR count). The molecule has 3 heterocycles. The third kappa shape index (κ3) is 2.98. The summed E-state index contributed by atoms with van der Waals surface area (Å²) in [6, 6.07) is 17.3. The number of aromatic nitrogens is 3. The summed E-state index contributed by atoms with van der Waals surface area (Å²) in [5, 5.41) is 13.7. The molecule has 5 aromatic rings. The van der Waals surface area contributed by atoms with Crippen LogP contribution in [0.4, 0.5) is 5.00 Å². The van der Waals surface area contributed by atoms with Crippen LogP contribution in [-0.2, 0) is 0 Å². The molecule has 0 radical (unpaired) electrons. The lowest BCUT2D eigenvalue weighted by Gasteiger charge is -2.00. The molecule has 0 amide bonds. The van der Waals surface area contributed by atoms with E-state index < -0.39 is 0 Å². The number of para-hydroxylation sites is 3. The number of nitrogens with one attached hydrogen (secondary N) is 1. The van der Waals surface area contributed by atoms with E-state index in [1.54, 1.807) is 22.8 Å². The Morgan fingerprint density at radius 3 is 2.61 bits per heavy atom. The Bertz CT molecular complexity index is 1220. The number of fused-ring (bicyclic) bond motifs is 2. The molecule has 0 saturated carbocycles. The second kappa shape index (κ2) is 6.66. The van der Waals surface area contributed by atoms with E-state index in [1.807, 2.05) is 54.6 Å². The van der Waals surface area contributed by atoms with Crippen molar-refractivity contribution in [2.45, 2.75) is 0 Å². The maximum Gasteiger partial charge on any atom is 0.324 e. The number of hydrogen-bond donors (Lipinski definition) is 1. The average Bonchev–Trinajstić information content (AvgIpc) is 3.42. The quantitative estimate of drug-likeness (QED) is 0.306. The Hall–Kier alpha value is -3.36. The predicted octanol–water partition coefficient (Wildman–Crippen LogP) is 5.73. The molecule has 0 aliphatic heterocycles. The number of imidazole rings is 1. The average molecular weight is 404 g/mol. The molecule has 0 bridgehead atoms. The number of rotatable bonds is 4. The van der Waals surface area contributed by atoms with Crippen LogP contribution < -0.4 is 0 Å². The maximum absolute atomic E-state index is 11.0. The molecular weight excluding hydrogens is 392 g/mol. The number of aromatic amines is 1. The van der Waals surface area contributed by atoms with Gasteiger partial charge in [0, 0.05) is 11.4 Å². The van der Waals surface area contributed by atoms with Crippen molar-refractivity contribution in [3.63, 3.8) is 0 Å². The van der Waals surface area contributed by atoms with Gasteiger partial charge in [0.2, 0.25) is 0 Å². The first kappa shape index (κ1) is 16.8. The maximum atomic E-state index is 11.0. The SMILES string of the molecule is O=[N+]([O-])c1cc(/C=C(\c2nc3ccccc3[nH]2)c2nc3ccccc3s2)cs1. The molecule has 2 aromatic carbocycles. The highest BCUT2D eigenvalue weighted by molar-refractivity contribution is 7.19. The predicted molar refractivity (Wildman–Crippen MR) is 114 cm³/mol. The van der Waals surface area contributed by atoms with Gasteiger partial charge in [-0.25, -0.2) is 9.97 Å². The summed E-state index contributed by atoms with van der Waals surface area (Å²) < 4.78 is 1.08. The highest BCUT2D eigenvalue weighted by Gasteiger charge is 2.17. The minimum Gasteiger partial charge on any atom is -0.338 e. The van der Waals surface area contributed by atoms with Gasteiger partial charge in [-0.3, -0.25) is 10.1 Å². The van der Waals surface area contributed by atoms with E-state index in [0.717, 1.165) is 48.7 Å². The fourth-order valence-corrected chi connectivity index (χ4v) is 4.64. The summed E-state index contributed by atoms with van der Waals surface area (Å²) in [6.45, 7) is 0. The lowest BCUT2D eigenvalue weighted by atomic mass is 10.2. The van der Waals surface area contributed by atoms with Crippen molar-refractivity contribution in [2.24, 2.45) is 0 Å². The summed E-state index contributed by atoms with van der Waals surface area (Å²) in [5.74, 6) is 0.689. The molecule has 0 aliphatic rings. The molecule has 6 nitrogen and oxygen atoms in total. The topological polar surface area (TPSA) is 84.7 Å². The minimum absolute atomic E-state index is 0.111. The molecule has 0 aliphatic carbocycles. The van der Waals surface area contributed by atoms with E-state index in [2.05, 4.69) is 4.98 Å². The van der Waals surface area contributed by atoms with Gasteiger partial charge in [0.15, 0.2) is 0 Å². The normalized spacial score (nSPS) is 12.1. The zero-order valence-corrected chi connectivity index (χ0v) is 16.0. The standard InChI is InChI=1S/C20H12N4O2S2/c25-24(26)18-10-12(11-27-18)9-13(19-21-14-5-1-2-6-15(14)22-19)20-23-16-7-3-4-8-17(16)28-20/h1-11H,(H,21,22)/b13-9+. The molecule has 136 valence electrons. The van der Waals surface area contributed by atoms with Gasteiger partial charge in [0.05, 0.1) is 31.7 Å². The van der Waals surface area contributed by atoms with Crippen LogP contribution in [0.5, 0.6) is 0 Å². The zero-order chi connectivity index (χ0) is 19.1. The zero-order valence-electron chi connectivity index (χ0n) is 14.3. The number of nitro groups is 1. The number of hydrogen-bond acceptors (Lipinski definition) is 6. The van der Waals surface area contributed by atoms with Gasteiger partial charge in [0.25, 0.3) is 0 Å². The summed E-state index contributed by atoms with van der Waals surface area (Å²) in [7, 11) is 0. The first-order chi connectivity index (χ1) is 13.7. The molecule has 0 saturated heterocycles. The highest BCUT2D eigenvalue weighted by Crippen LogP contribution is 2.34. The number of benzene rings is 2. The van der Waals surface area contributed by atoms with Gasteiger partial charge in [-0.15, -0.1) is 11.3 Å². The van der Waals surface area contributed by atoms with E-state index in [1.165, 1.54) is 0 Å². The Morgan fingerprint density at radius 1 is 1.07 bits per heavy atom. The molecule has 1 N–H and O–H groups in total. The summed E-state index contributed by atoms with van der Waals surface area (Å²) in [4.78, 5) is 23.5. The van der Waals surface area contributed by atoms with Crippen LogP contribution in [0.1, 0.15) is 16.4 Å². The van der Waals surface area contributed by atoms with Gasteiger partial charge >= 0.3 is 5.00 Å². The fraction of sp³-hybridized carbons (Fsp3) is 0. The molecule has 28 heavy (non-hydrogen) atoms. The van der Waals surface area contributed by atoms with Crippen molar-refractivity contribution in [1.29, 1.82) is 0 Å². The van der Waals surface area contributed by atoms with Crippen LogP contribution in [0.2, 0.25) is 0 Å².